The molecule has 0 saturated carbocycles. The lowest BCUT2D eigenvalue weighted by molar-refractivity contribution is -0.117. The van der Waals surface area contributed by atoms with Gasteiger partial charge in [0.05, 0.1) is 17.8 Å². The smallest absolute Gasteiger partial charge is 0.335 e. The number of nitrogens with zero attached hydrogens (tertiary/aromatic N) is 1. The number of anilines is 1. The molecule has 0 atom stereocenters. The zero-order valence-electron chi connectivity index (χ0n) is 14.2. The molecular weight excluding hydrogens is 362 g/mol. The van der Waals surface area contributed by atoms with Crippen molar-refractivity contribution in [2.24, 2.45) is 0 Å². The standard InChI is InChI=1S/C21H15NO4S/c23-20-19(12-16-7-4-10-27-16)26-18-9-2-1-8-17(18)22(20)13-14-5-3-6-15(11-14)21(24)25/h1-12H,13H2,(H,24,25)/b19-12+. The molecule has 6 heteroatoms. The normalized spacial score (nSPS) is 14.7. The fraction of sp³-hybridized carbons (Fsp3) is 0.0476. The molecule has 2 aromatic carbocycles. The van der Waals surface area contributed by atoms with Crippen LogP contribution in [0.25, 0.3) is 6.08 Å². The highest BCUT2D eigenvalue weighted by Crippen LogP contribution is 2.36. The molecule has 0 unspecified atom stereocenters. The van der Waals surface area contributed by atoms with Crippen LogP contribution >= 0.6 is 11.3 Å². The van der Waals surface area contributed by atoms with Crippen LogP contribution in [0.15, 0.2) is 71.8 Å². The highest BCUT2D eigenvalue weighted by atomic mass is 32.1. The molecule has 1 amide bonds. The van der Waals surface area contributed by atoms with Crippen molar-refractivity contribution in [3.05, 3.63) is 87.8 Å². The molecule has 3 aromatic rings. The maximum Gasteiger partial charge on any atom is 0.335 e. The number of fused-ring (bicyclic) bond motifs is 1. The third-order valence-electron chi connectivity index (χ3n) is 4.16. The second-order valence-electron chi connectivity index (χ2n) is 5.99. The largest absolute Gasteiger partial charge is 0.478 e. The Balaban J connectivity index is 1.72. The minimum absolute atomic E-state index is 0.191. The number of ether oxygens (including phenoxy) is 1. The molecule has 2 heterocycles. The summed E-state index contributed by atoms with van der Waals surface area (Å²) in [6.45, 7) is 0.252. The van der Waals surface area contributed by atoms with E-state index in [4.69, 9.17) is 4.74 Å². The first-order chi connectivity index (χ1) is 13.1. The van der Waals surface area contributed by atoms with Gasteiger partial charge in [0.15, 0.2) is 11.5 Å². The summed E-state index contributed by atoms with van der Waals surface area (Å²) in [6.07, 6.45) is 1.73. The number of carboxylic acids is 1. The van der Waals surface area contributed by atoms with E-state index >= 15 is 0 Å². The van der Waals surface area contributed by atoms with E-state index in [0.717, 1.165) is 10.4 Å². The summed E-state index contributed by atoms with van der Waals surface area (Å²) in [6, 6.07) is 17.7. The van der Waals surface area contributed by atoms with Crippen molar-refractivity contribution in [3.63, 3.8) is 0 Å². The molecule has 1 aliphatic rings. The van der Waals surface area contributed by atoms with Crippen molar-refractivity contribution in [2.75, 3.05) is 4.90 Å². The van der Waals surface area contributed by atoms with Gasteiger partial charge in [0.2, 0.25) is 0 Å². The van der Waals surface area contributed by atoms with Gasteiger partial charge in [-0.05, 0) is 41.3 Å². The zero-order chi connectivity index (χ0) is 18.8. The van der Waals surface area contributed by atoms with E-state index in [1.165, 1.54) is 17.4 Å². The number of para-hydroxylation sites is 2. The van der Waals surface area contributed by atoms with Crippen LogP contribution in [0.2, 0.25) is 0 Å². The van der Waals surface area contributed by atoms with Gasteiger partial charge in [-0.1, -0.05) is 30.3 Å². The number of benzene rings is 2. The van der Waals surface area contributed by atoms with Gasteiger partial charge in [-0.25, -0.2) is 4.79 Å². The highest BCUT2D eigenvalue weighted by molar-refractivity contribution is 7.10. The molecule has 4 rings (SSSR count). The van der Waals surface area contributed by atoms with Gasteiger partial charge < -0.3 is 9.84 Å². The van der Waals surface area contributed by atoms with E-state index in [-0.39, 0.29) is 23.8 Å². The average Bonchev–Trinajstić information content (AvgIpc) is 3.18. The lowest BCUT2D eigenvalue weighted by atomic mass is 10.1. The SMILES string of the molecule is O=C(O)c1cccc(CN2C(=O)/C(=C\c3cccs3)Oc3ccccc32)c1. The van der Waals surface area contributed by atoms with Gasteiger partial charge >= 0.3 is 5.97 Å². The van der Waals surface area contributed by atoms with Crippen LogP contribution < -0.4 is 9.64 Å². The molecule has 5 nitrogen and oxygen atoms in total. The van der Waals surface area contributed by atoms with Gasteiger partial charge in [0.25, 0.3) is 5.91 Å². The van der Waals surface area contributed by atoms with Crippen molar-refractivity contribution in [3.8, 4) is 5.75 Å². The summed E-state index contributed by atoms with van der Waals surface area (Å²) in [5, 5.41) is 11.1. The van der Waals surface area contributed by atoms with E-state index in [1.54, 1.807) is 29.2 Å². The first-order valence-corrected chi connectivity index (χ1v) is 9.16. The Kier molecular flexibility index (Phi) is 4.48. The number of amides is 1. The minimum Gasteiger partial charge on any atom is -0.478 e. The van der Waals surface area contributed by atoms with Crippen LogP contribution in [0.3, 0.4) is 0 Å². The number of carbonyl (C=O) groups is 2. The van der Waals surface area contributed by atoms with Crippen LogP contribution in [0.1, 0.15) is 20.8 Å². The fourth-order valence-electron chi connectivity index (χ4n) is 2.91. The first-order valence-electron chi connectivity index (χ1n) is 8.28. The summed E-state index contributed by atoms with van der Waals surface area (Å²) in [5.74, 6) is -0.425. The Labute approximate surface area is 159 Å². The fourth-order valence-corrected chi connectivity index (χ4v) is 3.55. The lowest BCUT2D eigenvalue weighted by Crippen LogP contribution is -2.36. The third-order valence-corrected chi connectivity index (χ3v) is 4.98. The van der Waals surface area contributed by atoms with E-state index in [0.29, 0.717) is 11.4 Å². The second kappa shape index (κ2) is 7.09. The number of rotatable bonds is 4. The molecular formula is C21H15NO4S. The summed E-state index contributed by atoms with van der Waals surface area (Å²) in [5.41, 5.74) is 1.58. The maximum atomic E-state index is 13.1. The van der Waals surface area contributed by atoms with Gasteiger partial charge in [0, 0.05) is 11.0 Å². The summed E-state index contributed by atoms with van der Waals surface area (Å²) in [7, 11) is 0. The minimum atomic E-state index is -0.996. The number of carboxylic acid groups (broad SMARTS) is 1. The first kappa shape index (κ1) is 17.1. The van der Waals surface area contributed by atoms with E-state index in [9.17, 15) is 14.7 Å². The topological polar surface area (TPSA) is 66.8 Å². The third kappa shape index (κ3) is 3.47. The Morgan fingerprint density at radius 1 is 1.11 bits per heavy atom. The molecule has 0 bridgehead atoms. The van der Waals surface area contributed by atoms with Gasteiger partial charge in [-0.15, -0.1) is 11.3 Å². The Hall–Kier alpha value is -3.38. The molecule has 1 aromatic heterocycles. The highest BCUT2D eigenvalue weighted by Gasteiger charge is 2.30. The van der Waals surface area contributed by atoms with Crippen LogP contribution in [0.4, 0.5) is 5.69 Å². The predicted molar refractivity (Wildman–Crippen MR) is 104 cm³/mol. The van der Waals surface area contributed by atoms with Crippen LogP contribution in [-0.2, 0) is 11.3 Å². The number of hydrogen-bond donors (Lipinski definition) is 1. The monoisotopic (exact) mass is 377 g/mol. The number of carbonyl (C=O) groups excluding carboxylic acids is 1. The van der Waals surface area contributed by atoms with Gasteiger partial charge in [0.1, 0.15) is 0 Å². The molecule has 0 spiro atoms. The summed E-state index contributed by atoms with van der Waals surface area (Å²) in [4.78, 5) is 26.8. The predicted octanol–water partition coefficient (Wildman–Crippen LogP) is 4.41. The van der Waals surface area contributed by atoms with Crippen molar-refractivity contribution in [1.29, 1.82) is 0 Å². The van der Waals surface area contributed by atoms with Gasteiger partial charge in [-0.3, -0.25) is 9.69 Å². The average molecular weight is 377 g/mol. The Morgan fingerprint density at radius 3 is 2.74 bits per heavy atom. The molecule has 1 N–H and O–H groups in total. The van der Waals surface area contributed by atoms with Crippen molar-refractivity contribution in [2.45, 2.75) is 6.54 Å². The number of thiophene rings is 1. The van der Waals surface area contributed by atoms with E-state index in [1.807, 2.05) is 41.8 Å². The Bertz CT molecular complexity index is 1040. The lowest BCUT2D eigenvalue weighted by Gasteiger charge is -2.30. The Morgan fingerprint density at radius 2 is 1.96 bits per heavy atom. The molecule has 0 saturated heterocycles. The van der Waals surface area contributed by atoms with Gasteiger partial charge in [-0.2, -0.15) is 0 Å². The van der Waals surface area contributed by atoms with E-state index in [2.05, 4.69) is 0 Å². The van der Waals surface area contributed by atoms with Crippen molar-refractivity contribution < 1.29 is 19.4 Å². The molecule has 1 aliphatic heterocycles. The van der Waals surface area contributed by atoms with Crippen LogP contribution in [0.5, 0.6) is 5.75 Å². The number of hydrogen-bond acceptors (Lipinski definition) is 4. The molecule has 0 radical (unpaired) electrons. The summed E-state index contributed by atoms with van der Waals surface area (Å²) >= 11 is 1.52. The number of aromatic carboxylic acids is 1. The van der Waals surface area contributed by atoms with Crippen molar-refractivity contribution in [1.82, 2.24) is 0 Å². The molecule has 0 fully saturated rings. The van der Waals surface area contributed by atoms with Crippen molar-refractivity contribution >= 4 is 35.0 Å². The summed E-state index contributed by atoms with van der Waals surface area (Å²) < 4.78 is 5.83. The zero-order valence-corrected chi connectivity index (χ0v) is 15.0. The van der Waals surface area contributed by atoms with Crippen LogP contribution in [0, 0.1) is 0 Å². The molecule has 0 aliphatic carbocycles. The molecule has 134 valence electrons. The maximum absolute atomic E-state index is 13.1. The quantitative estimate of drug-likeness (QED) is 0.684. The molecule has 27 heavy (non-hydrogen) atoms. The second-order valence-corrected chi connectivity index (χ2v) is 6.97. The van der Waals surface area contributed by atoms with E-state index < -0.39 is 5.97 Å². The van der Waals surface area contributed by atoms with Crippen LogP contribution in [-0.4, -0.2) is 17.0 Å².